The van der Waals surface area contributed by atoms with Crippen molar-refractivity contribution < 1.29 is 4.79 Å². The molecule has 0 aliphatic carbocycles. The quantitative estimate of drug-likeness (QED) is 0.596. The number of hydrogen-bond acceptors (Lipinski definition) is 5. The van der Waals surface area contributed by atoms with Crippen molar-refractivity contribution >= 4 is 30.7 Å². The summed E-state index contributed by atoms with van der Waals surface area (Å²) in [5.41, 5.74) is 7.12. The smallest absolute Gasteiger partial charge is 0.254 e. The molecule has 0 saturated heterocycles. The van der Waals surface area contributed by atoms with E-state index in [1.165, 1.54) is 0 Å². The van der Waals surface area contributed by atoms with Crippen molar-refractivity contribution in [2.24, 2.45) is 5.73 Å². The summed E-state index contributed by atoms with van der Waals surface area (Å²) in [6.07, 6.45) is 5.41. The Kier molecular flexibility index (Phi) is 11.0. The molecule has 4 N–H and O–H groups in total. The third kappa shape index (κ3) is 6.29. The van der Waals surface area contributed by atoms with Gasteiger partial charge in [-0.1, -0.05) is 13.8 Å². The second-order valence-corrected chi connectivity index (χ2v) is 6.46. The van der Waals surface area contributed by atoms with Crippen molar-refractivity contribution in [2.45, 2.75) is 52.0 Å². The minimum absolute atomic E-state index is 0. The molecule has 0 fully saturated rings. The second-order valence-electron chi connectivity index (χ2n) is 6.46. The lowest BCUT2D eigenvalue weighted by Crippen LogP contribution is -2.53. The van der Waals surface area contributed by atoms with Crippen LogP contribution in [0.1, 0.15) is 44.4 Å². The molecular formula is C19H29Cl2N5O2. The number of hydrogen-bond donors (Lipinski definition) is 3. The Morgan fingerprint density at radius 3 is 2.46 bits per heavy atom. The lowest BCUT2D eigenvalue weighted by molar-refractivity contribution is -0.123. The van der Waals surface area contributed by atoms with E-state index < -0.39 is 0 Å². The third-order valence-corrected chi connectivity index (χ3v) is 4.91. The molecule has 0 saturated carbocycles. The molecule has 2 aromatic heterocycles. The van der Waals surface area contributed by atoms with Crippen LogP contribution in [0.15, 0.2) is 29.3 Å². The Balaban J connectivity index is 0.00000364. The number of halogens is 2. The van der Waals surface area contributed by atoms with Gasteiger partial charge in [-0.05, 0) is 38.3 Å². The van der Waals surface area contributed by atoms with Crippen molar-refractivity contribution in [3.05, 3.63) is 46.1 Å². The maximum atomic E-state index is 12.4. The first kappa shape index (κ1) is 26.0. The van der Waals surface area contributed by atoms with Crippen LogP contribution < -0.4 is 16.6 Å². The zero-order valence-electron chi connectivity index (χ0n) is 16.4. The Morgan fingerprint density at radius 2 is 1.96 bits per heavy atom. The largest absolute Gasteiger partial charge is 0.349 e. The fourth-order valence-electron chi connectivity index (χ4n) is 2.91. The molecule has 7 nitrogen and oxygen atoms in total. The van der Waals surface area contributed by atoms with Crippen molar-refractivity contribution in [2.75, 3.05) is 6.54 Å². The predicted octanol–water partition coefficient (Wildman–Crippen LogP) is 2.55. The zero-order chi connectivity index (χ0) is 19.2. The molecule has 0 atom stereocenters. The van der Waals surface area contributed by atoms with Crippen molar-refractivity contribution in [1.29, 1.82) is 0 Å². The fraction of sp³-hybridized carbons (Fsp3) is 0.474. The van der Waals surface area contributed by atoms with Gasteiger partial charge in [0.1, 0.15) is 5.82 Å². The zero-order valence-corrected chi connectivity index (χ0v) is 18.1. The molecule has 0 aliphatic heterocycles. The van der Waals surface area contributed by atoms with Gasteiger partial charge in [-0.2, -0.15) is 0 Å². The molecule has 0 spiro atoms. The highest BCUT2D eigenvalue weighted by Gasteiger charge is 2.26. The van der Waals surface area contributed by atoms with Gasteiger partial charge in [0.2, 0.25) is 5.91 Å². The number of carbonyl (C=O) groups excluding carboxylic acids is 1. The van der Waals surface area contributed by atoms with Gasteiger partial charge in [-0.3, -0.25) is 14.6 Å². The van der Waals surface area contributed by atoms with Crippen LogP contribution in [0.25, 0.3) is 11.4 Å². The standard InChI is InChI=1S/C19H27N5O2.2ClH/c1-4-19(5-2,12-20)24-16(25)9-8-15-13(3)22-17(23-18(15)26)14-7-6-10-21-11-14;;/h6-7,10-11H,4-5,8-9,12,20H2,1-3H3,(H,24,25)(H,22,23,26);2*1H. The average molecular weight is 430 g/mol. The van der Waals surface area contributed by atoms with E-state index in [9.17, 15) is 9.59 Å². The number of nitrogens with zero attached hydrogens (tertiary/aromatic N) is 2. The third-order valence-electron chi connectivity index (χ3n) is 4.91. The van der Waals surface area contributed by atoms with Crippen LogP contribution in [-0.2, 0) is 11.2 Å². The molecule has 0 unspecified atom stereocenters. The summed E-state index contributed by atoms with van der Waals surface area (Å²) < 4.78 is 0. The number of pyridine rings is 1. The molecule has 2 aromatic rings. The Labute approximate surface area is 177 Å². The van der Waals surface area contributed by atoms with Gasteiger partial charge in [-0.25, -0.2) is 4.98 Å². The number of H-pyrrole nitrogens is 1. The minimum atomic E-state index is -0.374. The van der Waals surface area contributed by atoms with Gasteiger partial charge >= 0.3 is 0 Å². The number of aryl methyl sites for hydroxylation is 1. The molecule has 0 aromatic carbocycles. The van der Waals surface area contributed by atoms with Gasteiger partial charge in [0.05, 0.1) is 5.54 Å². The monoisotopic (exact) mass is 429 g/mol. The molecule has 0 bridgehead atoms. The van der Waals surface area contributed by atoms with E-state index in [0.717, 1.165) is 18.4 Å². The molecule has 28 heavy (non-hydrogen) atoms. The number of amides is 1. The SMILES string of the molecule is CCC(CC)(CN)NC(=O)CCc1c(C)nc(-c2cccnc2)[nH]c1=O.Cl.Cl. The lowest BCUT2D eigenvalue weighted by atomic mass is 9.92. The number of aromatic amines is 1. The number of nitrogens with one attached hydrogen (secondary N) is 2. The van der Waals surface area contributed by atoms with E-state index in [-0.39, 0.29) is 48.2 Å². The highest BCUT2D eigenvalue weighted by Crippen LogP contribution is 2.15. The topological polar surface area (TPSA) is 114 Å². The lowest BCUT2D eigenvalue weighted by Gasteiger charge is -2.31. The average Bonchev–Trinajstić information content (AvgIpc) is 2.66. The first-order valence-electron chi connectivity index (χ1n) is 8.96. The Bertz CT molecular complexity index is 799. The Hall–Kier alpha value is -1.96. The minimum Gasteiger partial charge on any atom is -0.349 e. The summed E-state index contributed by atoms with van der Waals surface area (Å²) >= 11 is 0. The molecular weight excluding hydrogens is 401 g/mol. The van der Waals surface area contributed by atoms with E-state index in [1.54, 1.807) is 25.4 Å². The fourth-order valence-corrected chi connectivity index (χ4v) is 2.91. The predicted molar refractivity (Wildman–Crippen MR) is 116 cm³/mol. The van der Waals surface area contributed by atoms with Crippen LogP contribution in [0.4, 0.5) is 0 Å². The van der Waals surface area contributed by atoms with Crippen LogP contribution in [0.5, 0.6) is 0 Å². The summed E-state index contributed by atoms with van der Waals surface area (Å²) in [6, 6.07) is 3.62. The number of rotatable bonds is 8. The van der Waals surface area contributed by atoms with Gasteiger partial charge in [-0.15, -0.1) is 24.8 Å². The van der Waals surface area contributed by atoms with Crippen LogP contribution >= 0.6 is 24.8 Å². The van der Waals surface area contributed by atoms with Gasteiger partial charge in [0.25, 0.3) is 5.56 Å². The number of aromatic nitrogens is 3. The van der Waals surface area contributed by atoms with Crippen LogP contribution in [0.3, 0.4) is 0 Å². The highest BCUT2D eigenvalue weighted by atomic mass is 35.5. The van der Waals surface area contributed by atoms with Crippen molar-refractivity contribution in [1.82, 2.24) is 20.3 Å². The second kappa shape index (κ2) is 11.8. The molecule has 2 rings (SSSR count). The van der Waals surface area contributed by atoms with Gasteiger partial charge in [0, 0.05) is 42.2 Å². The van der Waals surface area contributed by atoms with Crippen LogP contribution in [-0.4, -0.2) is 32.9 Å². The molecule has 9 heteroatoms. The maximum Gasteiger partial charge on any atom is 0.254 e. The normalized spacial score (nSPS) is 10.6. The van der Waals surface area contributed by atoms with E-state index in [0.29, 0.717) is 30.0 Å². The summed E-state index contributed by atoms with van der Waals surface area (Å²) in [7, 11) is 0. The van der Waals surface area contributed by atoms with Crippen LogP contribution in [0.2, 0.25) is 0 Å². The van der Waals surface area contributed by atoms with E-state index in [4.69, 9.17) is 5.73 Å². The summed E-state index contributed by atoms with van der Waals surface area (Å²) in [6.45, 7) is 6.19. The highest BCUT2D eigenvalue weighted by molar-refractivity contribution is 5.85. The first-order chi connectivity index (χ1) is 12.4. The summed E-state index contributed by atoms with van der Waals surface area (Å²) in [5, 5.41) is 3.02. The number of nitrogens with two attached hydrogens (primary N) is 1. The first-order valence-corrected chi connectivity index (χ1v) is 8.96. The molecule has 0 aliphatic rings. The van der Waals surface area contributed by atoms with E-state index in [2.05, 4.69) is 20.3 Å². The van der Waals surface area contributed by atoms with Crippen LogP contribution in [0, 0.1) is 6.92 Å². The van der Waals surface area contributed by atoms with Crippen molar-refractivity contribution in [3.63, 3.8) is 0 Å². The summed E-state index contributed by atoms with van der Waals surface area (Å²) in [4.78, 5) is 36.0. The van der Waals surface area contributed by atoms with E-state index in [1.807, 2.05) is 19.9 Å². The van der Waals surface area contributed by atoms with E-state index >= 15 is 0 Å². The van der Waals surface area contributed by atoms with Crippen molar-refractivity contribution in [3.8, 4) is 11.4 Å². The Morgan fingerprint density at radius 1 is 1.29 bits per heavy atom. The molecule has 1 amide bonds. The van der Waals surface area contributed by atoms with Gasteiger partial charge in [0.15, 0.2) is 0 Å². The molecule has 156 valence electrons. The maximum absolute atomic E-state index is 12.4. The molecule has 0 radical (unpaired) electrons. The summed E-state index contributed by atoms with van der Waals surface area (Å²) in [5.74, 6) is 0.377. The molecule has 2 heterocycles. The van der Waals surface area contributed by atoms with Gasteiger partial charge < -0.3 is 16.0 Å². The number of carbonyl (C=O) groups is 1.